The second-order valence-electron chi connectivity index (χ2n) is 22.5. The van der Waals surface area contributed by atoms with E-state index in [9.17, 15) is 74.3 Å². The molecule has 0 aliphatic carbocycles. The summed E-state index contributed by atoms with van der Waals surface area (Å²) in [5.41, 5.74) is -0.752. The number of phosphoric ester groups is 3. The van der Waals surface area contributed by atoms with Gasteiger partial charge in [-0.25, -0.2) is 13.7 Å². The van der Waals surface area contributed by atoms with Crippen LogP contribution in [0.2, 0.25) is 0 Å². The maximum absolute atomic E-state index is 12.5. The number of aliphatic hydroxyl groups excluding tert-OH is 9. The molecule has 3 heterocycles. The van der Waals surface area contributed by atoms with Gasteiger partial charge in [-0.15, -0.1) is 0 Å². The first-order chi connectivity index (χ1) is 40.9. The van der Waals surface area contributed by atoms with Gasteiger partial charge in [0.1, 0.15) is 36.6 Å². The van der Waals surface area contributed by atoms with E-state index in [1.54, 1.807) is 20.8 Å². The molecule has 86 heavy (non-hydrogen) atoms. The van der Waals surface area contributed by atoms with E-state index in [1.165, 1.54) is 0 Å². The molecule has 33 heteroatoms. The van der Waals surface area contributed by atoms with E-state index in [0.717, 1.165) is 0 Å². The lowest BCUT2D eigenvalue weighted by atomic mass is 9.92. The molecule has 18 atom stereocenters. The molecular weight excluding hydrogens is 1210 g/mol. The number of hydrogen-bond donors (Lipinski definition) is 12. The quantitative estimate of drug-likeness (QED) is 0.0307. The molecule has 0 aromatic heterocycles. The fourth-order valence-corrected chi connectivity index (χ4v) is 11.6. The zero-order valence-corrected chi connectivity index (χ0v) is 53.2. The average molecular weight is 1320 g/mol. The van der Waals surface area contributed by atoms with Crippen LogP contribution in [-0.4, -0.2) is 253 Å². The van der Waals surface area contributed by atoms with E-state index in [0.29, 0.717) is 96.9 Å². The van der Waals surface area contributed by atoms with Gasteiger partial charge in [0, 0.05) is 62.8 Å². The lowest BCUT2D eigenvalue weighted by Crippen LogP contribution is -2.55. The standard InChI is InChI=1S/C53H105O30P3/c1-38-44(57)47(60)41(32-54)81-50(38)72-23-11-5-8-14-26-75-84(63,64)78-29-17-20-69-35-53(4,36-70-21-18-30-79-85(65,66)76-27-15-9-6-12-24-73-51-39(2)45(58)48(61)42(33-55)82-51)37-71-22-19-31-80-86(67,68)77-28-16-10-7-13-25-74-52-40(3)46(59)49(62)43(34-56)83-52/h38-52,54-62H,5-37H2,1-4H3,(H,63,64)(H,65,66)(H,67,68)/t38?,39?,40?,41?,42?,43?,44-,45-,46-,47+,48+,49+,50-,51-,52-,53?/m1/s1. The summed E-state index contributed by atoms with van der Waals surface area (Å²) in [5.74, 6) is -1.49. The third-order valence-electron chi connectivity index (χ3n) is 14.7. The van der Waals surface area contributed by atoms with Gasteiger partial charge < -0.3 is 103 Å². The van der Waals surface area contributed by atoms with Crippen molar-refractivity contribution in [2.45, 2.75) is 198 Å². The van der Waals surface area contributed by atoms with Gasteiger partial charge in [-0.1, -0.05) is 66.2 Å². The van der Waals surface area contributed by atoms with E-state index in [1.807, 2.05) is 6.92 Å². The van der Waals surface area contributed by atoms with Crippen molar-refractivity contribution < 1.29 is 144 Å². The topological polar surface area (TPSA) is 432 Å². The number of phosphoric acid groups is 3. The van der Waals surface area contributed by atoms with Gasteiger partial charge in [0.2, 0.25) is 0 Å². The normalized spacial score (nSPS) is 31.0. The van der Waals surface area contributed by atoms with Crippen LogP contribution in [0.3, 0.4) is 0 Å². The lowest BCUT2D eigenvalue weighted by molar-refractivity contribution is -0.282. The van der Waals surface area contributed by atoms with Crippen LogP contribution in [0.15, 0.2) is 0 Å². The van der Waals surface area contributed by atoms with E-state index in [4.69, 9.17) is 69.8 Å². The molecule has 0 saturated carbocycles. The van der Waals surface area contributed by atoms with Crippen LogP contribution in [-0.2, 0) is 83.5 Å². The summed E-state index contributed by atoms with van der Waals surface area (Å²) in [7, 11) is -13.0. The first-order valence-electron chi connectivity index (χ1n) is 30.2. The summed E-state index contributed by atoms with van der Waals surface area (Å²) in [6.07, 6.45) is -3.92. The summed E-state index contributed by atoms with van der Waals surface area (Å²) < 4.78 is 120. The summed E-state index contributed by atoms with van der Waals surface area (Å²) in [5, 5.41) is 88.8. The highest BCUT2D eigenvalue weighted by molar-refractivity contribution is 7.47. The molecule has 0 spiro atoms. The van der Waals surface area contributed by atoms with Crippen molar-refractivity contribution in [1.82, 2.24) is 0 Å². The number of rotatable bonds is 51. The Labute approximate surface area is 506 Å². The van der Waals surface area contributed by atoms with Crippen molar-refractivity contribution in [3.63, 3.8) is 0 Å². The monoisotopic (exact) mass is 1310 g/mol. The van der Waals surface area contributed by atoms with Crippen LogP contribution in [0.4, 0.5) is 0 Å². The Bertz CT molecular complexity index is 1680. The van der Waals surface area contributed by atoms with Crippen molar-refractivity contribution in [2.24, 2.45) is 23.2 Å². The number of aliphatic hydroxyl groups is 9. The lowest BCUT2D eigenvalue weighted by Gasteiger charge is -2.40. The minimum absolute atomic E-state index is 0.0209. The fourth-order valence-electron chi connectivity index (χ4n) is 9.26. The zero-order chi connectivity index (χ0) is 63.6. The first-order valence-corrected chi connectivity index (χ1v) is 34.7. The molecule has 12 N–H and O–H groups in total. The molecule has 3 saturated heterocycles. The summed E-state index contributed by atoms with van der Waals surface area (Å²) in [4.78, 5) is 30.6. The minimum atomic E-state index is -4.35. The third kappa shape index (κ3) is 31.5. The fraction of sp³-hybridized carbons (Fsp3) is 1.00. The van der Waals surface area contributed by atoms with Gasteiger partial charge in [-0.05, 0) is 57.8 Å². The molecule has 0 aromatic rings. The predicted molar refractivity (Wildman–Crippen MR) is 304 cm³/mol. The average Bonchev–Trinajstić information content (AvgIpc) is 1.77. The minimum Gasteiger partial charge on any atom is -0.394 e. The summed E-state index contributed by atoms with van der Waals surface area (Å²) >= 11 is 0. The third-order valence-corrected chi connectivity index (χ3v) is 17.8. The van der Waals surface area contributed by atoms with Gasteiger partial charge in [0.25, 0.3) is 0 Å². The van der Waals surface area contributed by atoms with Crippen molar-refractivity contribution in [2.75, 3.05) is 119 Å². The smallest absolute Gasteiger partial charge is 0.394 e. The van der Waals surface area contributed by atoms with Crippen molar-refractivity contribution in [3.8, 4) is 0 Å². The molecule has 9 unspecified atom stereocenters. The highest BCUT2D eigenvalue weighted by Gasteiger charge is 2.45. The molecule has 3 fully saturated rings. The van der Waals surface area contributed by atoms with E-state index in [-0.39, 0.29) is 98.5 Å². The Morgan fingerprint density at radius 3 is 0.791 bits per heavy atom. The zero-order valence-electron chi connectivity index (χ0n) is 50.6. The van der Waals surface area contributed by atoms with Crippen molar-refractivity contribution in [3.05, 3.63) is 0 Å². The predicted octanol–water partition coefficient (Wildman–Crippen LogP) is 2.57. The molecule has 3 rings (SSSR count). The van der Waals surface area contributed by atoms with Crippen molar-refractivity contribution >= 4 is 23.5 Å². The Balaban J connectivity index is 1.31. The molecule has 30 nitrogen and oxygen atoms in total. The van der Waals surface area contributed by atoms with Gasteiger partial charge >= 0.3 is 23.5 Å². The SMILES string of the molecule is CC1[C@H](OCCCCCCOP(=O)(O)OCCCOCC(C)(COCCCOP(=O)(O)OCCCCCCO[C@@H]2OC(CO)[C@H](O)[C@H](O)C2C)COCCCOP(=O)(O)OCCCCCCO[C@@H]2OC(CO)[C@H](O)[C@H](O)C2C)OC(CO)[C@H](O)[C@@H]1O. The maximum atomic E-state index is 12.5. The Kier molecular flexibility index (Phi) is 40.4. The Morgan fingerprint density at radius 2 is 0.558 bits per heavy atom. The molecule has 3 aliphatic rings. The second kappa shape index (κ2) is 43.5. The molecular formula is C53H105O30P3. The van der Waals surface area contributed by atoms with Crippen LogP contribution < -0.4 is 0 Å². The highest BCUT2D eigenvalue weighted by Crippen LogP contribution is 2.45. The van der Waals surface area contributed by atoms with Crippen LogP contribution in [0.5, 0.6) is 0 Å². The summed E-state index contributed by atoms with van der Waals surface area (Å²) in [6.45, 7) is 6.67. The van der Waals surface area contributed by atoms with Crippen LogP contribution in [0.1, 0.15) is 124 Å². The van der Waals surface area contributed by atoms with E-state index < -0.39 is 140 Å². The molecule has 0 amide bonds. The highest BCUT2D eigenvalue weighted by atomic mass is 31.2. The van der Waals surface area contributed by atoms with Gasteiger partial charge in [0.05, 0.1) is 97.6 Å². The maximum Gasteiger partial charge on any atom is 0.472 e. The van der Waals surface area contributed by atoms with E-state index in [2.05, 4.69) is 0 Å². The number of hydrogen-bond acceptors (Lipinski definition) is 27. The first kappa shape index (κ1) is 79.8. The number of unbranched alkanes of at least 4 members (excludes halogenated alkanes) is 9. The van der Waals surface area contributed by atoms with Crippen LogP contribution in [0, 0.1) is 23.2 Å². The number of ether oxygens (including phenoxy) is 9. The Hall–Kier alpha value is -0.390. The van der Waals surface area contributed by atoms with Gasteiger partial charge in [-0.3, -0.25) is 27.1 Å². The molecule has 0 aromatic carbocycles. The molecule has 0 radical (unpaired) electrons. The van der Waals surface area contributed by atoms with Gasteiger partial charge in [0.15, 0.2) is 18.9 Å². The second-order valence-corrected chi connectivity index (χ2v) is 26.8. The van der Waals surface area contributed by atoms with E-state index >= 15 is 0 Å². The Morgan fingerprint density at radius 1 is 0.337 bits per heavy atom. The molecule has 3 aliphatic heterocycles. The van der Waals surface area contributed by atoms with Crippen LogP contribution in [0.25, 0.3) is 0 Å². The summed E-state index contributed by atoms with van der Waals surface area (Å²) in [6, 6.07) is 0. The largest absolute Gasteiger partial charge is 0.472 e. The van der Waals surface area contributed by atoms with Crippen LogP contribution >= 0.6 is 23.5 Å². The van der Waals surface area contributed by atoms with Gasteiger partial charge in [-0.2, -0.15) is 0 Å². The molecule has 0 bridgehead atoms. The molecule has 512 valence electrons. The van der Waals surface area contributed by atoms with Crippen molar-refractivity contribution in [1.29, 1.82) is 0 Å².